The van der Waals surface area contributed by atoms with Crippen molar-refractivity contribution < 1.29 is 9.90 Å². The zero-order valence-electron chi connectivity index (χ0n) is 12.3. The number of hydrogen-bond donors (Lipinski definition) is 1. The molecule has 0 spiro atoms. The van der Waals surface area contributed by atoms with Crippen LogP contribution in [0.15, 0.2) is 36.5 Å². The Morgan fingerprint density at radius 3 is 2.71 bits per heavy atom. The van der Waals surface area contributed by atoms with Crippen LogP contribution in [0.25, 0.3) is 5.69 Å². The molecule has 1 aromatic carbocycles. The Morgan fingerprint density at radius 2 is 2.10 bits per heavy atom. The van der Waals surface area contributed by atoms with Crippen molar-refractivity contribution in [3.63, 3.8) is 0 Å². The van der Waals surface area contributed by atoms with Crippen LogP contribution in [0.3, 0.4) is 0 Å². The monoisotopic (exact) mass is 288 g/mol. The smallest absolute Gasteiger partial charge is 0.307 e. The van der Waals surface area contributed by atoms with Crippen LogP contribution in [0.1, 0.15) is 19.5 Å². The van der Waals surface area contributed by atoms with Crippen LogP contribution < -0.4 is 0 Å². The van der Waals surface area contributed by atoms with Crippen molar-refractivity contribution in [2.45, 2.75) is 20.4 Å². The van der Waals surface area contributed by atoms with Crippen LogP contribution >= 0.6 is 0 Å². The number of rotatable bonds is 7. The minimum Gasteiger partial charge on any atom is -0.481 e. The van der Waals surface area contributed by atoms with E-state index in [-0.39, 0.29) is 0 Å². The van der Waals surface area contributed by atoms with Gasteiger partial charge < -0.3 is 5.11 Å². The van der Waals surface area contributed by atoms with Gasteiger partial charge in [-0.1, -0.05) is 32.0 Å². The van der Waals surface area contributed by atoms with Gasteiger partial charge in [0, 0.05) is 13.1 Å². The number of hydrogen-bond acceptors (Lipinski definition) is 4. The van der Waals surface area contributed by atoms with Gasteiger partial charge in [0.05, 0.1) is 23.5 Å². The lowest BCUT2D eigenvalue weighted by atomic mass is 10.1. The molecule has 2 aromatic rings. The van der Waals surface area contributed by atoms with Crippen molar-refractivity contribution in [3.05, 3.63) is 42.2 Å². The summed E-state index contributed by atoms with van der Waals surface area (Å²) in [6, 6.07) is 9.69. The second kappa shape index (κ2) is 6.99. The summed E-state index contributed by atoms with van der Waals surface area (Å²) < 4.78 is 0. The molecule has 0 aliphatic carbocycles. The first-order chi connectivity index (χ1) is 10.1. The maximum absolute atomic E-state index is 10.9. The quantitative estimate of drug-likeness (QED) is 0.841. The molecule has 21 heavy (non-hydrogen) atoms. The maximum Gasteiger partial charge on any atom is 0.307 e. The van der Waals surface area contributed by atoms with Gasteiger partial charge in [0.2, 0.25) is 0 Å². The van der Waals surface area contributed by atoms with Crippen molar-refractivity contribution in [2.24, 2.45) is 5.92 Å². The van der Waals surface area contributed by atoms with Crippen LogP contribution in [-0.2, 0) is 11.3 Å². The Morgan fingerprint density at radius 1 is 1.38 bits per heavy atom. The zero-order chi connectivity index (χ0) is 15.2. The number of para-hydroxylation sites is 1. The van der Waals surface area contributed by atoms with Gasteiger partial charge in [-0.15, -0.1) is 0 Å². The largest absolute Gasteiger partial charge is 0.481 e. The minimum atomic E-state index is -0.776. The molecule has 6 nitrogen and oxygen atoms in total. The van der Waals surface area contributed by atoms with Gasteiger partial charge in [-0.05, 0) is 18.7 Å². The van der Waals surface area contributed by atoms with Crippen LogP contribution in [0, 0.1) is 5.92 Å². The molecule has 2 rings (SSSR count). The third-order valence-electron chi connectivity index (χ3n) is 3.31. The molecule has 1 heterocycles. The third kappa shape index (κ3) is 4.13. The molecular formula is C15H20N4O2. The molecule has 6 heteroatoms. The first kappa shape index (κ1) is 15.2. The van der Waals surface area contributed by atoms with E-state index in [1.807, 2.05) is 37.3 Å². The first-order valence-corrected chi connectivity index (χ1v) is 7.02. The highest BCUT2D eigenvalue weighted by molar-refractivity contribution is 5.69. The lowest BCUT2D eigenvalue weighted by molar-refractivity contribution is -0.141. The molecule has 1 unspecified atom stereocenters. The van der Waals surface area contributed by atoms with E-state index in [9.17, 15) is 4.79 Å². The molecule has 0 radical (unpaired) electrons. The third-order valence-corrected chi connectivity index (χ3v) is 3.31. The van der Waals surface area contributed by atoms with Gasteiger partial charge in [0.25, 0.3) is 0 Å². The van der Waals surface area contributed by atoms with E-state index in [4.69, 9.17) is 5.11 Å². The Labute approximate surface area is 124 Å². The molecule has 0 aliphatic rings. The van der Waals surface area contributed by atoms with Gasteiger partial charge in [-0.2, -0.15) is 15.0 Å². The minimum absolute atomic E-state index is 0.394. The lowest BCUT2D eigenvalue weighted by Gasteiger charge is -2.21. The second-order valence-electron chi connectivity index (χ2n) is 5.03. The summed E-state index contributed by atoms with van der Waals surface area (Å²) in [5.74, 6) is -1.17. The number of aliphatic carboxylic acids is 1. The molecule has 0 amide bonds. The first-order valence-electron chi connectivity index (χ1n) is 7.02. The molecule has 0 saturated carbocycles. The van der Waals surface area contributed by atoms with Gasteiger partial charge in [-0.25, -0.2) is 0 Å². The number of carboxylic acids is 1. The standard InChI is InChI=1S/C15H20N4O2/c1-3-18(10-12(2)15(20)21)11-13-9-16-19(17-13)14-7-5-4-6-8-14/h4-9,12H,3,10-11H2,1-2H3,(H,20,21). The van der Waals surface area contributed by atoms with Crippen molar-refractivity contribution >= 4 is 5.97 Å². The van der Waals surface area contributed by atoms with Crippen molar-refractivity contribution in [1.82, 2.24) is 19.9 Å². The number of aromatic nitrogens is 3. The van der Waals surface area contributed by atoms with E-state index in [1.54, 1.807) is 17.9 Å². The SMILES string of the molecule is CCN(Cc1cnn(-c2ccccc2)n1)CC(C)C(=O)O. The topological polar surface area (TPSA) is 71.2 Å². The Bertz CT molecular complexity index is 582. The Kier molecular flexibility index (Phi) is 5.05. The highest BCUT2D eigenvalue weighted by Gasteiger charge is 2.16. The number of carbonyl (C=O) groups is 1. The van der Waals surface area contributed by atoms with Crippen LogP contribution in [0.5, 0.6) is 0 Å². The Hall–Kier alpha value is -2.21. The summed E-state index contributed by atoms with van der Waals surface area (Å²) in [6.45, 7) is 5.60. The summed E-state index contributed by atoms with van der Waals surface area (Å²) in [5.41, 5.74) is 1.74. The highest BCUT2D eigenvalue weighted by atomic mass is 16.4. The molecule has 0 aliphatic heterocycles. The van der Waals surface area contributed by atoms with E-state index >= 15 is 0 Å². The number of nitrogens with zero attached hydrogens (tertiary/aromatic N) is 4. The van der Waals surface area contributed by atoms with Gasteiger partial charge in [0.1, 0.15) is 0 Å². The molecule has 0 saturated heterocycles. The van der Waals surface area contributed by atoms with Crippen molar-refractivity contribution in [3.8, 4) is 5.69 Å². The predicted molar refractivity (Wildman–Crippen MR) is 79.1 cm³/mol. The Balaban J connectivity index is 2.02. The van der Waals surface area contributed by atoms with E-state index < -0.39 is 11.9 Å². The number of carboxylic acid groups (broad SMARTS) is 1. The molecular weight excluding hydrogens is 268 g/mol. The molecule has 1 aromatic heterocycles. The molecule has 0 fully saturated rings. The zero-order valence-corrected chi connectivity index (χ0v) is 12.3. The summed E-state index contributed by atoms with van der Waals surface area (Å²) in [5, 5.41) is 17.7. The average molecular weight is 288 g/mol. The summed E-state index contributed by atoms with van der Waals surface area (Å²) >= 11 is 0. The molecule has 112 valence electrons. The normalized spacial score (nSPS) is 12.5. The number of benzene rings is 1. The highest BCUT2D eigenvalue weighted by Crippen LogP contribution is 2.08. The lowest BCUT2D eigenvalue weighted by Crippen LogP contribution is -2.31. The van der Waals surface area contributed by atoms with Gasteiger partial charge >= 0.3 is 5.97 Å². The fourth-order valence-electron chi connectivity index (χ4n) is 2.05. The predicted octanol–water partition coefficient (Wildman–Crippen LogP) is 1.81. The van der Waals surface area contributed by atoms with E-state index in [0.29, 0.717) is 13.1 Å². The van der Waals surface area contributed by atoms with Gasteiger partial charge in [-0.3, -0.25) is 9.69 Å². The van der Waals surface area contributed by atoms with Crippen molar-refractivity contribution in [1.29, 1.82) is 0 Å². The van der Waals surface area contributed by atoms with E-state index in [0.717, 1.165) is 17.9 Å². The molecule has 1 N–H and O–H groups in total. The van der Waals surface area contributed by atoms with Crippen LogP contribution in [0.4, 0.5) is 0 Å². The molecule has 1 atom stereocenters. The van der Waals surface area contributed by atoms with Gasteiger partial charge in [0.15, 0.2) is 0 Å². The fraction of sp³-hybridized carbons (Fsp3) is 0.400. The van der Waals surface area contributed by atoms with E-state index in [2.05, 4.69) is 15.1 Å². The summed E-state index contributed by atoms with van der Waals surface area (Å²) in [4.78, 5) is 14.6. The van der Waals surface area contributed by atoms with Crippen LogP contribution in [-0.4, -0.2) is 44.1 Å². The van der Waals surface area contributed by atoms with E-state index in [1.165, 1.54) is 0 Å². The van der Waals surface area contributed by atoms with Crippen molar-refractivity contribution in [2.75, 3.05) is 13.1 Å². The average Bonchev–Trinajstić information content (AvgIpc) is 2.95. The summed E-state index contributed by atoms with van der Waals surface area (Å²) in [6.07, 6.45) is 1.72. The molecule has 0 bridgehead atoms. The fourth-order valence-corrected chi connectivity index (χ4v) is 2.05. The maximum atomic E-state index is 10.9. The second-order valence-corrected chi connectivity index (χ2v) is 5.03. The summed E-state index contributed by atoms with van der Waals surface area (Å²) in [7, 11) is 0. The van der Waals surface area contributed by atoms with Crippen LogP contribution in [0.2, 0.25) is 0 Å².